The Kier molecular flexibility index (Phi) is 23.2. The van der Waals surface area contributed by atoms with E-state index in [0.717, 1.165) is 11.2 Å². The Balaban J connectivity index is 3.54. The summed E-state index contributed by atoms with van der Waals surface area (Å²) in [5, 5.41) is 3.74. The van der Waals surface area contributed by atoms with Gasteiger partial charge in [-0.3, -0.25) is 5.32 Å². The monoisotopic (exact) mass is 484 g/mol. The molecule has 34 heavy (non-hydrogen) atoms. The summed E-state index contributed by atoms with van der Waals surface area (Å²) in [4.78, 5) is 0. The van der Waals surface area contributed by atoms with Crippen LogP contribution >= 0.6 is 0 Å². The van der Waals surface area contributed by atoms with Crippen LogP contribution in [0.1, 0.15) is 142 Å². The summed E-state index contributed by atoms with van der Waals surface area (Å²) < 4.78 is 2.33. The van der Waals surface area contributed by atoms with Crippen LogP contribution in [0.25, 0.3) is 0 Å². The highest BCUT2D eigenvalue weighted by Crippen LogP contribution is 2.12. The van der Waals surface area contributed by atoms with Crippen LogP contribution in [0.15, 0.2) is 0 Å². The van der Waals surface area contributed by atoms with Crippen molar-refractivity contribution in [1.29, 1.82) is 0 Å². The van der Waals surface area contributed by atoms with E-state index in [9.17, 15) is 0 Å². The van der Waals surface area contributed by atoms with Crippen LogP contribution in [0, 0.1) is 0 Å². The highest BCUT2D eigenvalue weighted by molar-refractivity contribution is 4.50. The summed E-state index contributed by atoms with van der Waals surface area (Å²) >= 11 is 0. The van der Waals surface area contributed by atoms with Crippen LogP contribution in [-0.4, -0.2) is 70.0 Å². The smallest absolute Gasteiger partial charge is 0.132 e. The number of rotatable bonds is 27. The molecule has 3 nitrogen and oxygen atoms in total. The average molecular weight is 484 g/mol. The lowest BCUT2D eigenvalue weighted by atomic mass is 10.1. The van der Waals surface area contributed by atoms with E-state index in [0.29, 0.717) is 0 Å². The standard InChI is InChI=1S/C31H69N3/c1-7-9-11-13-15-17-19-21-24-28-33(3,4)29-26-23-27-32-31-34(5,6)30-25-22-20-18-16-14-12-10-8-2/h32H,7-31H2,1-6H3/q+2. The largest absolute Gasteiger partial charge is 0.328 e. The molecule has 0 aromatic carbocycles. The third-order valence-corrected chi connectivity index (χ3v) is 7.64. The van der Waals surface area contributed by atoms with Crippen molar-refractivity contribution < 1.29 is 8.97 Å². The molecule has 0 fully saturated rings. The molecule has 0 aromatic rings. The van der Waals surface area contributed by atoms with Crippen molar-refractivity contribution in [3.05, 3.63) is 0 Å². The van der Waals surface area contributed by atoms with E-state index in [4.69, 9.17) is 0 Å². The normalized spacial score (nSPS) is 12.5. The lowest BCUT2D eigenvalue weighted by Gasteiger charge is -2.31. The fraction of sp³-hybridized carbons (Fsp3) is 1.00. The van der Waals surface area contributed by atoms with Crippen LogP contribution in [0.4, 0.5) is 0 Å². The Hall–Kier alpha value is -0.120. The van der Waals surface area contributed by atoms with E-state index < -0.39 is 0 Å². The second-order valence-electron chi connectivity index (χ2n) is 12.6. The number of hydrogen-bond acceptors (Lipinski definition) is 1. The fourth-order valence-corrected chi connectivity index (χ4v) is 5.06. The molecule has 3 heteroatoms. The Labute approximate surface area is 217 Å². The molecule has 0 atom stereocenters. The molecule has 206 valence electrons. The first kappa shape index (κ1) is 33.9. The molecule has 0 saturated heterocycles. The summed E-state index contributed by atoms with van der Waals surface area (Å²) in [6.07, 6.45) is 28.4. The summed E-state index contributed by atoms with van der Waals surface area (Å²) in [6, 6.07) is 0. The first-order valence-corrected chi connectivity index (χ1v) is 15.7. The molecule has 0 aliphatic rings. The van der Waals surface area contributed by atoms with Gasteiger partial charge in [-0.2, -0.15) is 0 Å². The Bertz CT molecular complexity index is 367. The van der Waals surface area contributed by atoms with E-state index in [1.165, 1.54) is 159 Å². The molecular weight excluding hydrogens is 414 g/mol. The minimum atomic E-state index is 1.12. The van der Waals surface area contributed by atoms with Crippen molar-refractivity contribution in [2.24, 2.45) is 0 Å². The van der Waals surface area contributed by atoms with E-state index in [2.05, 4.69) is 47.4 Å². The lowest BCUT2D eigenvalue weighted by Crippen LogP contribution is -2.47. The zero-order valence-electron chi connectivity index (χ0n) is 25.1. The molecule has 0 saturated carbocycles. The molecule has 0 amide bonds. The highest BCUT2D eigenvalue weighted by atomic mass is 15.4. The van der Waals surface area contributed by atoms with Gasteiger partial charge in [0.15, 0.2) is 0 Å². The van der Waals surface area contributed by atoms with Gasteiger partial charge in [0.2, 0.25) is 0 Å². The molecule has 0 rings (SSSR count). The molecule has 0 spiro atoms. The Morgan fingerprint density at radius 1 is 0.382 bits per heavy atom. The molecule has 0 bridgehead atoms. The quantitative estimate of drug-likeness (QED) is 0.0701. The molecule has 0 aliphatic carbocycles. The van der Waals surface area contributed by atoms with Crippen LogP contribution in [0.5, 0.6) is 0 Å². The molecule has 1 N–H and O–H groups in total. The van der Waals surface area contributed by atoms with Crippen LogP contribution in [0.3, 0.4) is 0 Å². The van der Waals surface area contributed by atoms with Crippen LogP contribution < -0.4 is 5.32 Å². The van der Waals surface area contributed by atoms with E-state index in [1.807, 2.05) is 0 Å². The number of unbranched alkanes of at least 4 members (excludes halogenated alkanes) is 17. The third kappa shape index (κ3) is 25.0. The van der Waals surface area contributed by atoms with Gasteiger partial charge in [0.1, 0.15) is 6.67 Å². The van der Waals surface area contributed by atoms with Gasteiger partial charge in [-0.15, -0.1) is 0 Å². The van der Waals surface area contributed by atoms with Crippen molar-refractivity contribution in [1.82, 2.24) is 5.32 Å². The summed E-state index contributed by atoms with van der Waals surface area (Å²) in [5.74, 6) is 0. The Morgan fingerprint density at radius 3 is 1.12 bits per heavy atom. The van der Waals surface area contributed by atoms with Crippen molar-refractivity contribution in [2.45, 2.75) is 142 Å². The maximum Gasteiger partial charge on any atom is 0.132 e. The van der Waals surface area contributed by atoms with E-state index in [1.54, 1.807) is 0 Å². The number of nitrogens with zero attached hydrogens (tertiary/aromatic N) is 2. The van der Waals surface area contributed by atoms with Crippen molar-refractivity contribution in [3.8, 4) is 0 Å². The van der Waals surface area contributed by atoms with Crippen molar-refractivity contribution in [2.75, 3.05) is 61.0 Å². The lowest BCUT2D eigenvalue weighted by molar-refractivity contribution is -0.893. The summed E-state index contributed by atoms with van der Waals surface area (Å²) in [6.45, 7) is 10.9. The van der Waals surface area contributed by atoms with Gasteiger partial charge in [-0.1, -0.05) is 104 Å². The molecular formula is C31H69N3+2. The molecule has 0 radical (unpaired) electrons. The first-order chi connectivity index (χ1) is 16.3. The van der Waals surface area contributed by atoms with Crippen LogP contribution in [0.2, 0.25) is 0 Å². The van der Waals surface area contributed by atoms with E-state index >= 15 is 0 Å². The summed E-state index contributed by atoms with van der Waals surface area (Å²) in [5.41, 5.74) is 0. The maximum atomic E-state index is 3.74. The minimum Gasteiger partial charge on any atom is -0.328 e. The second-order valence-corrected chi connectivity index (χ2v) is 12.6. The van der Waals surface area contributed by atoms with Gasteiger partial charge in [0.05, 0.1) is 47.8 Å². The van der Waals surface area contributed by atoms with Gasteiger partial charge in [-0.05, 0) is 38.5 Å². The summed E-state index contributed by atoms with van der Waals surface area (Å²) in [7, 11) is 9.65. The minimum absolute atomic E-state index is 1.12. The Morgan fingerprint density at radius 2 is 0.706 bits per heavy atom. The fourth-order valence-electron chi connectivity index (χ4n) is 5.06. The zero-order chi connectivity index (χ0) is 25.4. The number of hydrogen-bond donors (Lipinski definition) is 1. The SMILES string of the molecule is CCCCCCCCCCC[N+](C)(C)CCCCNC[N+](C)(C)CCCCCCCCCCC. The number of nitrogens with one attached hydrogen (secondary N) is 1. The number of quaternary nitrogens is 2. The third-order valence-electron chi connectivity index (χ3n) is 7.64. The van der Waals surface area contributed by atoms with E-state index in [-0.39, 0.29) is 0 Å². The molecule has 0 heterocycles. The van der Waals surface area contributed by atoms with Gasteiger partial charge in [0, 0.05) is 6.54 Å². The molecule has 0 aliphatic heterocycles. The molecule has 0 unspecified atom stereocenters. The topological polar surface area (TPSA) is 12.0 Å². The molecule has 0 aromatic heterocycles. The van der Waals surface area contributed by atoms with Crippen molar-refractivity contribution in [3.63, 3.8) is 0 Å². The van der Waals surface area contributed by atoms with Gasteiger partial charge >= 0.3 is 0 Å². The van der Waals surface area contributed by atoms with Gasteiger partial charge in [-0.25, -0.2) is 0 Å². The maximum absolute atomic E-state index is 3.74. The van der Waals surface area contributed by atoms with Gasteiger partial charge in [0.25, 0.3) is 0 Å². The first-order valence-electron chi connectivity index (χ1n) is 15.7. The predicted octanol–water partition coefficient (Wildman–Crippen LogP) is 8.53. The second kappa shape index (κ2) is 23.3. The predicted molar refractivity (Wildman–Crippen MR) is 155 cm³/mol. The van der Waals surface area contributed by atoms with Crippen molar-refractivity contribution >= 4 is 0 Å². The zero-order valence-corrected chi connectivity index (χ0v) is 25.1. The average Bonchev–Trinajstić information content (AvgIpc) is 2.79. The highest BCUT2D eigenvalue weighted by Gasteiger charge is 2.15. The van der Waals surface area contributed by atoms with Crippen LogP contribution in [-0.2, 0) is 0 Å². The van der Waals surface area contributed by atoms with Gasteiger partial charge < -0.3 is 8.97 Å².